The number of aliphatic hydroxyl groups is 2. The lowest BCUT2D eigenvalue weighted by atomic mass is 9.95. The van der Waals surface area contributed by atoms with Crippen LogP contribution in [0.1, 0.15) is 17.2 Å². The zero-order valence-corrected chi connectivity index (χ0v) is 14.0. The van der Waals surface area contributed by atoms with Gasteiger partial charge in [-0.05, 0) is 29.8 Å². The summed E-state index contributed by atoms with van der Waals surface area (Å²) in [7, 11) is 0. The first kappa shape index (κ1) is 17.2. The second kappa shape index (κ2) is 7.09. The summed E-state index contributed by atoms with van der Waals surface area (Å²) in [6, 6.07) is 14.6. The van der Waals surface area contributed by atoms with Crippen LogP contribution in [0.3, 0.4) is 0 Å². The van der Waals surface area contributed by atoms with Crippen molar-refractivity contribution in [3.63, 3.8) is 0 Å². The standard InChI is InChI=1S/C19H16ClNO4/c20-14-8-6-13(7-9-14)17(23)15-16(12-4-2-1-3-5-12)21(10-11-22)19(25)18(15)24/h1-9,16,22-23H,10-11H2/b17-15+. The number of likely N-dealkylation sites (tertiary alicyclic amines) is 1. The molecule has 1 atom stereocenters. The number of hydrogen-bond acceptors (Lipinski definition) is 4. The molecule has 1 aliphatic heterocycles. The number of amides is 1. The molecule has 2 aromatic carbocycles. The molecule has 2 aromatic rings. The maximum Gasteiger partial charge on any atom is 0.295 e. The number of carbonyl (C=O) groups is 2. The molecule has 3 rings (SSSR count). The van der Waals surface area contributed by atoms with Crippen LogP contribution < -0.4 is 0 Å². The minimum Gasteiger partial charge on any atom is -0.507 e. The molecule has 1 unspecified atom stereocenters. The van der Waals surface area contributed by atoms with Crippen molar-refractivity contribution in [2.24, 2.45) is 0 Å². The van der Waals surface area contributed by atoms with Crippen molar-refractivity contribution in [1.82, 2.24) is 4.90 Å². The highest BCUT2D eigenvalue weighted by molar-refractivity contribution is 6.46. The van der Waals surface area contributed by atoms with Crippen molar-refractivity contribution in [2.75, 3.05) is 13.2 Å². The van der Waals surface area contributed by atoms with E-state index in [1.807, 2.05) is 6.07 Å². The number of benzene rings is 2. The predicted molar refractivity (Wildman–Crippen MR) is 94.0 cm³/mol. The van der Waals surface area contributed by atoms with E-state index >= 15 is 0 Å². The van der Waals surface area contributed by atoms with Crippen LogP contribution in [0.4, 0.5) is 0 Å². The Labute approximate surface area is 149 Å². The van der Waals surface area contributed by atoms with E-state index < -0.39 is 17.7 Å². The third kappa shape index (κ3) is 3.16. The normalized spacial score (nSPS) is 19.4. The molecule has 5 nitrogen and oxygen atoms in total. The first-order valence-corrected chi connectivity index (χ1v) is 8.12. The number of rotatable bonds is 4. The minimum absolute atomic E-state index is 0.00152. The fourth-order valence-electron chi connectivity index (χ4n) is 2.96. The van der Waals surface area contributed by atoms with E-state index in [0.29, 0.717) is 16.1 Å². The third-order valence-corrected chi connectivity index (χ3v) is 4.37. The van der Waals surface area contributed by atoms with E-state index in [9.17, 15) is 19.8 Å². The van der Waals surface area contributed by atoms with E-state index in [4.69, 9.17) is 11.6 Å². The second-order valence-electron chi connectivity index (χ2n) is 5.63. The molecular weight excluding hydrogens is 342 g/mol. The Morgan fingerprint density at radius 2 is 1.68 bits per heavy atom. The molecule has 2 N–H and O–H groups in total. The molecule has 0 aromatic heterocycles. The third-order valence-electron chi connectivity index (χ3n) is 4.11. The van der Waals surface area contributed by atoms with Gasteiger partial charge in [-0.2, -0.15) is 0 Å². The number of hydrogen-bond donors (Lipinski definition) is 2. The Morgan fingerprint density at radius 3 is 2.28 bits per heavy atom. The van der Waals surface area contributed by atoms with Crippen LogP contribution >= 0.6 is 11.6 Å². The monoisotopic (exact) mass is 357 g/mol. The summed E-state index contributed by atoms with van der Waals surface area (Å²) < 4.78 is 0. The topological polar surface area (TPSA) is 77.8 Å². The van der Waals surface area contributed by atoms with Crippen molar-refractivity contribution in [2.45, 2.75) is 6.04 Å². The van der Waals surface area contributed by atoms with Crippen molar-refractivity contribution in [1.29, 1.82) is 0 Å². The van der Waals surface area contributed by atoms with Crippen molar-refractivity contribution < 1.29 is 19.8 Å². The lowest BCUT2D eigenvalue weighted by Crippen LogP contribution is -2.32. The van der Waals surface area contributed by atoms with Gasteiger partial charge in [-0.1, -0.05) is 41.9 Å². The SMILES string of the molecule is O=C1C(=O)N(CCO)C(c2ccccc2)/C1=C(\O)c1ccc(Cl)cc1. The summed E-state index contributed by atoms with van der Waals surface area (Å²) in [5.74, 6) is -1.77. The number of Topliss-reactive ketones (excluding diaryl/α,β-unsaturated/α-hetero) is 1. The fourth-order valence-corrected chi connectivity index (χ4v) is 3.09. The van der Waals surface area contributed by atoms with Crippen LogP contribution in [0.25, 0.3) is 5.76 Å². The number of carbonyl (C=O) groups excluding carboxylic acids is 2. The Balaban J connectivity index is 2.17. The Bertz CT molecular complexity index is 830. The predicted octanol–water partition coefficient (Wildman–Crippen LogP) is 2.75. The zero-order valence-electron chi connectivity index (χ0n) is 13.2. The van der Waals surface area contributed by atoms with Gasteiger partial charge in [0.25, 0.3) is 11.7 Å². The molecule has 1 heterocycles. The average molecular weight is 358 g/mol. The van der Waals surface area contributed by atoms with Gasteiger partial charge < -0.3 is 15.1 Å². The highest BCUT2D eigenvalue weighted by Gasteiger charge is 2.45. The van der Waals surface area contributed by atoms with E-state index in [-0.39, 0.29) is 24.5 Å². The Hall–Kier alpha value is -2.63. The quantitative estimate of drug-likeness (QED) is 0.501. The van der Waals surface area contributed by atoms with Gasteiger partial charge in [0, 0.05) is 17.1 Å². The van der Waals surface area contributed by atoms with Crippen LogP contribution in [0.5, 0.6) is 0 Å². The van der Waals surface area contributed by atoms with Gasteiger partial charge in [0.2, 0.25) is 0 Å². The van der Waals surface area contributed by atoms with Crippen molar-refractivity contribution >= 4 is 29.1 Å². The highest BCUT2D eigenvalue weighted by Crippen LogP contribution is 2.39. The molecule has 25 heavy (non-hydrogen) atoms. The summed E-state index contributed by atoms with van der Waals surface area (Å²) in [5, 5.41) is 20.5. The summed E-state index contributed by atoms with van der Waals surface area (Å²) in [6.45, 7) is -0.279. The number of β-amino-alcohol motifs (C(OH)–C–C–N with tert-alkyl or cyclic N) is 1. The van der Waals surface area contributed by atoms with E-state index in [2.05, 4.69) is 0 Å². The molecule has 6 heteroatoms. The van der Waals surface area contributed by atoms with Gasteiger partial charge in [0.05, 0.1) is 18.2 Å². The molecule has 0 radical (unpaired) electrons. The van der Waals surface area contributed by atoms with Crippen LogP contribution in [0.15, 0.2) is 60.2 Å². The maximum absolute atomic E-state index is 12.5. The summed E-state index contributed by atoms with van der Waals surface area (Å²) in [6.07, 6.45) is 0. The first-order chi connectivity index (χ1) is 12.0. The van der Waals surface area contributed by atoms with Crippen LogP contribution in [-0.2, 0) is 9.59 Å². The highest BCUT2D eigenvalue weighted by atomic mass is 35.5. The minimum atomic E-state index is -0.769. The molecule has 0 aliphatic carbocycles. The molecule has 0 saturated carbocycles. The van der Waals surface area contributed by atoms with E-state index in [0.717, 1.165) is 0 Å². The summed E-state index contributed by atoms with van der Waals surface area (Å²) in [5.41, 5.74) is 1.09. The molecule has 0 bridgehead atoms. The van der Waals surface area contributed by atoms with Crippen LogP contribution in [0, 0.1) is 0 Å². The van der Waals surface area contributed by atoms with Gasteiger partial charge in [0.15, 0.2) is 0 Å². The van der Waals surface area contributed by atoms with E-state index in [1.54, 1.807) is 48.5 Å². The zero-order chi connectivity index (χ0) is 18.0. The van der Waals surface area contributed by atoms with Gasteiger partial charge in [0.1, 0.15) is 5.76 Å². The van der Waals surface area contributed by atoms with Gasteiger partial charge >= 0.3 is 0 Å². The number of nitrogens with zero attached hydrogens (tertiary/aromatic N) is 1. The number of aliphatic hydroxyl groups excluding tert-OH is 2. The molecule has 128 valence electrons. The molecule has 1 aliphatic rings. The largest absolute Gasteiger partial charge is 0.507 e. The number of halogens is 1. The Morgan fingerprint density at radius 1 is 1.04 bits per heavy atom. The average Bonchev–Trinajstić information content (AvgIpc) is 2.88. The van der Waals surface area contributed by atoms with Crippen LogP contribution in [0.2, 0.25) is 5.02 Å². The molecule has 1 fully saturated rings. The summed E-state index contributed by atoms with van der Waals surface area (Å²) in [4.78, 5) is 26.2. The van der Waals surface area contributed by atoms with E-state index in [1.165, 1.54) is 4.90 Å². The lowest BCUT2D eigenvalue weighted by molar-refractivity contribution is -0.140. The van der Waals surface area contributed by atoms with Gasteiger partial charge in [-0.25, -0.2) is 0 Å². The molecular formula is C19H16ClNO4. The smallest absolute Gasteiger partial charge is 0.295 e. The van der Waals surface area contributed by atoms with Crippen molar-refractivity contribution in [3.8, 4) is 0 Å². The second-order valence-corrected chi connectivity index (χ2v) is 6.07. The first-order valence-electron chi connectivity index (χ1n) is 7.74. The maximum atomic E-state index is 12.5. The van der Waals surface area contributed by atoms with Crippen LogP contribution in [-0.4, -0.2) is 40.0 Å². The molecule has 1 amide bonds. The lowest BCUT2D eigenvalue weighted by Gasteiger charge is -2.24. The molecule has 1 saturated heterocycles. The van der Waals surface area contributed by atoms with Gasteiger partial charge in [-0.15, -0.1) is 0 Å². The van der Waals surface area contributed by atoms with Crippen molar-refractivity contribution in [3.05, 3.63) is 76.3 Å². The molecule has 0 spiro atoms. The van der Waals surface area contributed by atoms with Gasteiger partial charge in [-0.3, -0.25) is 9.59 Å². The fraction of sp³-hybridized carbons (Fsp3) is 0.158. The number of ketones is 1. The Kier molecular flexibility index (Phi) is 4.88. The summed E-state index contributed by atoms with van der Waals surface area (Å²) >= 11 is 5.86.